The largest absolute Gasteiger partial charge is 0.573 e. The quantitative estimate of drug-likeness (QED) is 0.911. The number of ether oxygens (including phenoxy) is 1. The van der Waals surface area contributed by atoms with Gasteiger partial charge in [-0.2, -0.15) is 0 Å². The molecule has 0 amide bonds. The molecule has 2 nitrogen and oxygen atoms in total. The summed E-state index contributed by atoms with van der Waals surface area (Å²) in [4.78, 5) is 0. The van der Waals surface area contributed by atoms with E-state index in [0.717, 1.165) is 19.5 Å². The SMILES string of the molecule is CC1CCNCC1Cc1ccccc1OC(F)(F)F. The molecular formula is C14H18F3NO. The number of para-hydroxylation sites is 1. The maximum atomic E-state index is 12.3. The van der Waals surface area contributed by atoms with Gasteiger partial charge in [-0.05, 0) is 49.4 Å². The van der Waals surface area contributed by atoms with Crippen LogP contribution in [0.25, 0.3) is 0 Å². The summed E-state index contributed by atoms with van der Waals surface area (Å²) in [5, 5.41) is 3.29. The summed E-state index contributed by atoms with van der Waals surface area (Å²) in [6, 6.07) is 6.40. The van der Waals surface area contributed by atoms with Crippen molar-refractivity contribution >= 4 is 0 Å². The van der Waals surface area contributed by atoms with Crippen LogP contribution in [0.5, 0.6) is 5.75 Å². The van der Waals surface area contributed by atoms with Crippen molar-refractivity contribution in [3.8, 4) is 5.75 Å². The van der Waals surface area contributed by atoms with E-state index in [-0.39, 0.29) is 5.75 Å². The molecule has 0 aromatic heterocycles. The van der Waals surface area contributed by atoms with Crippen molar-refractivity contribution < 1.29 is 17.9 Å². The van der Waals surface area contributed by atoms with Crippen molar-refractivity contribution in [1.29, 1.82) is 0 Å². The maximum absolute atomic E-state index is 12.3. The summed E-state index contributed by atoms with van der Waals surface area (Å²) < 4.78 is 41.1. The zero-order valence-electron chi connectivity index (χ0n) is 10.8. The minimum atomic E-state index is -4.63. The molecule has 0 saturated carbocycles. The van der Waals surface area contributed by atoms with Crippen LogP contribution >= 0.6 is 0 Å². The molecule has 0 spiro atoms. The van der Waals surface area contributed by atoms with Crippen LogP contribution in [-0.2, 0) is 6.42 Å². The lowest BCUT2D eigenvalue weighted by Crippen LogP contribution is -2.36. The monoisotopic (exact) mass is 273 g/mol. The van der Waals surface area contributed by atoms with Gasteiger partial charge in [0.2, 0.25) is 0 Å². The lowest BCUT2D eigenvalue weighted by atomic mass is 9.83. The Hall–Kier alpha value is -1.23. The first-order valence-electron chi connectivity index (χ1n) is 6.50. The third-order valence-electron chi connectivity index (χ3n) is 3.67. The van der Waals surface area contributed by atoms with Gasteiger partial charge in [0.05, 0.1) is 0 Å². The van der Waals surface area contributed by atoms with E-state index < -0.39 is 6.36 Å². The molecule has 2 rings (SSSR count). The normalized spacial score (nSPS) is 24.2. The van der Waals surface area contributed by atoms with Gasteiger partial charge >= 0.3 is 6.36 Å². The molecular weight excluding hydrogens is 255 g/mol. The van der Waals surface area contributed by atoms with E-state index in [9.17, 15) is 13.2 Å². The molecule has 1 fully saturated rings. The van der Waals surface area contributed by atoms with Gasteiger partial charge in [0.1, 0.15) is 5.75 Å². The van der Waals surface area contributed by atoms with E-state index in [1.165, 1.54) is 6.07 Å². The van der Waals surface area contributed by atoms with Gasteiger partial charge in [0.15, 0.2) is 0 Å². The molecule has 19 heavy (non-hydrogen) atoms. The smallest absolute Gasteiger partial charge is 0.406 e. The molecule has 0 bridgehead atoms. The lowest BCUT2D eigenvalue weighted by Gasteiger charge is -2.30. The molecule has 0 radical (unpaired) electrons. The van der Waals surface area contributed by atoms with E-state index in [2.05, 4.69) is 17.0 Å². The average molecular weight is 273 g/mol. The van der Waals surface area contributed by atoms with Crippen molar-refractivity contribution in [3.63, 3.8) is 0 Å². The Morgan fingerprint density at radius 1 is 1.32 bits per heavy atom. The van der Waals surface area contributed by atoms with Crippen LogP contribution in [0.3, 0.4) is 0 Å². The standard InChI is InChI=1S/C14H18F3NO/c1-10-6-7-18-9-12(10)8-11-4-2-3-5-13(11)19-14(15,16)17/h2-5,10,12,18H,6-9H2,1H3. The average Bonchev–Trinajstić information content (AvgIpc) is 2.33. The Labute approximate surface area is 111 Å². The van der Waals surface area contributed by atoms with Crippen molar-refractivity contribution in [3.05, 3.63) is 29.8 Å². The van der Waals surface area contributed by atoms with Gasteiger partial charge in [0, 0.05) is 0 Å². The van der Waals surface area contributed by atoms with Crippen LogP contribution in [0, 0.1) is 11.8 Å². The summed E-state index contributed by atoms with van der Waals surface area (Å²) in [6.07, 6.45) is -2.96. The highest BCUT2D eigenvalue weighted by molar-refractivity contribution is 5.34. The number of piperidine rings is 1. The second-order valence-electron chi connectivity index (χ2n) is 5.09. The molecule has 2 unspecified atom stereocenters. The highest BCUT2D eigenvalue weighted by Crippen LogP contribution is 2.30. The zero-order valence-corrected chi connectivity index (χ0v) is 10.8. The Kier molecular flexibility index (Phi) is 4.34. The van der Waals surface area contributed by atoms with Crippen molar-refractivity contribution in [2.24, 2.45) is 11.8 Å². The third kappa shape index (κ3) is 4.13. The fraction of sp³-hybridized carbons (Fsp3) is 0.571. The highest BCUT2D eigenvalue weighted by atomic mass is 19.4. The molecule has 106 valence electrons. The minimum Gasteiger partial charge on any atom is -0.406 e. The van der Waals surface area contributed by atoms with Crippen LogP contribution in [0.1, 0.15) is 18.9 Å². The van der Waals surface area contributed by atoms with E-state index in [0.29, 0.717) is 23.8 Å². The van der Waals surface area contributed by atoms with Gasteiger partial charge < -0.3 is 10.1 Å². The number of rotatable bonds is 3. The first-order chi connectivity index (χ1) is 8.96. The topological polar surface area (TPSA) is 21.3 Å². The zero-order chi connectivity index (χ0) is 13.9. The fourth-order valence-electron chi connectivity index (χ4n) is 2.51. The van der Waals surface area contributed by atoms with Gasteiger partial charge in [-0.1, -0.05) is 25.1 Å². The molecule has 1 aliphatic rings. The lowest BCUT2D eigenvalue weighted by molar-refractivity contribution is -0.274. The van der Waals surface area contributed by atoms with E-state index in [1.807, 2.05) is 0 Å². The van der Waals surface area contributed by atoms with E-state index >= 15 is 0 Å². The van der Waals surface area contributed by atoms with Crippen molar-refractivity contribution in [1.82, 2.24) is 5.32 Å². The van der Waals surface area contributed by atoms with Crippen molar-refractivity contribution in [2.75, 3.05) is 13.1 Å². The summed E-state index contributed by atoms with van der Waals surface area (Å²) in [7, 11) is 0. The van der Waals surface area contributed by atoms with Gasteiger partial charge in [-0.15, -0.1) is 13.2 Å². The number of benzene rings is 1. The first kappa shape index (κ1) is 14.2. The number of alkyl halides is 3. The summed E-state index contributed by atoms with van der Waals surface area (Å²) in [5.74, 6) is 0.791. The summed E-state index contributed by atoms with van der Waals surface area (Å²) in [6.45, 7) is 3.98. The highest BCUT2D eigenvalue weighted by Gasteiger charge is 2.32. The van der Waals surface area contributed by atoms with Crippen LogP contribution in [0.2, 0.25) is 0 Å². The Bertz CT molecular complexity index is 419. The second-order valence-corrected chi connectivity index (χ2v) is 5.09. The third-order valence-corrected chi connectivity index (χ3v) is 3.67. The molecule has 5 heteroatoms. The van der Waals surface area contributed by atoms with Crippen LogP contribution in [0.15, 0.2) is 24.3 Å². The minimum absolute atomic E-state index is 0.0761. The first-order valence-corrected chi connectivity index (χ1v) is 6.50. The number of nitrogens with one attached hydrogen (secondary N) is 1. The Balaban J connectivity index is 2.11. The molecule has 1 aromatic rings. The molecule has 1 aliphatic heterocycles. The van der Waals surface area contributed by atoms with Crippen molar-refractivity contribution in [2.45, 2.75) is 26.1 Å². The predicted molar refractivity (Wildman–Crippen MR) is 67.0 cm³/mol. The molecule has 0 aliphatic carbocycles. The van der Waals surface area contributed by atoms with E-state index in [4.69, 9.17) is 0 Å². The second kappa shape index (κ2) is 5.82. The Morgan fingerprint density at radius 2 is 2.05 bits per heavy atom. The molecule has 1 saturated heterocycles. The van der Waals surface area contributed by atoms with Crippen LogP contribution in [-0.4, -0.2) is 19.5 Å². The van der Waals surface area contributed by atoms with E-state index in [1.54, 1.807) is 18.2 Å². The van der Waals surface area contributed by atoms with Crippen LogP contribution in [0.4, 0.5) is 13.2 Å². The molecule has 1 N–H and O–H groups in total. The summed E-state index contributed by atoms with van der Waals surface area (Å²) >= 11 is 0. The van der Waals surface area contributed by atoms with Gasteiger partial charge in [-0.3, -0.25) is 0 Å². The summed E-state index contributed by atoms with van der Waals surface area (Å²) in [5.41, 5.74) is 0.625. The van der Waals surface area contributed by atoms with Gasteiger partial charge in [0.25, 0.3) is 0 Å². The predicted octanol–water partition coefficient (Wildman–Crippen LogP) is 3.37. The molecule has 1 heterocycles. The fourth-order valence-corrected chi connectivity index (χ4v) is 2.51. The molecule has 1 aromatic carbocycles. The molecule has 2 atom stereocenters. The number of halogens is 3. The van der Waals surface area contributed by atoms with Gasteiger partial charge in [-0.25, -0.2) is 0 Å². The number of hydrogen-bond acceptors (Lipinski definition) is 2. The maximum Gasteiger partial charge on any atom is 0.573 e. The Morgan fingerprint density at radius 3 is 2.74 bits per heavy atom. The van der Waals surface area contributed by atoms with Crippen LogP contribution < -0.4 is 10.1 Å². The number of hydrogen-bond donors (Lipinski definition) is 1.